The quantitative estimate of drug-likeness (QED) is 0.712. The van der Waals surface area contributed by atoms with Crippen LogP contribution in [-0.2, 0) is 6.42 Å². The summed E-state index contributed by atoms with van der Waals surface area (Å²) in [5.41, 5.74) is 8.94. The van der Waals surface area contributed by atoms with Crippen molar-refractivity contribution in [2.24, 2.45) is 0 Å². The van der Waals surface area contributed by atoms with Crippen molar-refractivity contribution >= 4 is 5.82 Å². The molecule has 1 atom stereocenters. The summed E-state index contributed by atoms with van der Waals surface area (Å²) >= 11 is 0. The van der Waals surface area contributed by atoms with Crippen LogP contribution in [0.25, 0.3) is 11.3 Å². The second-order valence-electron chi connectivity index (χ2n) is 6.81. The van der Waals surface area contributed by atoms with E-state index >= 15 is 0 Å². The molecule has 3 rings (SSSR count). The van der Waals surface area contributed by atoms with E-state index in [1.165, 1.54) is 24.3 Å². The van der Waals surface area contributed by atoms with Gasteiger partial charge in [-0.25, -0.2) is 4.98 Å². The number of aromatic nitrogens is 3. The summed E-state index contributed by atoms with van der Waals surface area (Å²) in [6.45, 7) is 4.15. The van der Waals surface area contributed by atoms with Gasteiger partial charge in [0.05, 0.1) is 5.69 Å². The van der Waals surface area contributed by atoms with Gasteiger partial charge in [-0.3, -0.25) is 4.68 Å². The topological polar surface area (TPSA) is 66.0 Å². The lowest BCUT2D eigenvalue weighted by Gasteiger charge is -2.14. The van der Waals surface area contributed by atoms with E-state index < -0.39 is 12.1 Å². The van der Waals surface area contributed by atoms with Gasteiger partial charge in [-0.1, -0.05) is 18.6 Å². The van der Waals surface area contributed by atoms with Gasteiger partial charge < -0.3 is 10.5 Å². The Bertz CT molecular complexity index is 842. The third-order valence-corrected chi connectivity index (χ3v) is 4.77. The van der Waals surface area contributed by atoms with E-state index in [0.717, 1.165) is 31.4 Å². The Morgan fingerprint density at radius 1 is 1.33 bits per heavy atom. The van der Waals surface area contributed by atoms with Crippen molar-refractivity contribution in [3.8, 4) is 17.0 Å². The minimum Gasteiger partial charge on any atom is -0.402 e. The molecule has 8 heteroatoms. The molecule has 0 aromatic carbocycles. The molecule has 1 aliphatic rings. The predicted molar refractivity (Wildman–Crippen MR) is 97.2 cm³/mol. The van der Waals surface area contributed by atoms with Gasteiger partial charge >= 0.3 is 6.36 Å². The SMILES string of the molecule is CCC(C)n1nc(-c2cnc(N)c(OC(F)(F)F)c2)cc1CC1=CCCC1. The van der Waals surface area contributed by atoms with Crippen molar-refractivity contribution in [3.63, 3.8) is 0 Å². The molecule has 0 fully saturated rings. The van der Waals surface area contributed by atoms with Gasteiger partial charge in [-0.15, -0.1) is 13.2 Å². The van der Waals surface area contributed by atoms with E-state index in [2.05, 4.69) is 34.7 Å². The fourth-order valence-electron chi connectivity index (χ4n) is 3.19. The first-order valence-electron chi connectivity index (χ1n) is 9.04. The zero-order valence-corrected chi connectivity index (χ0v) is 15.4. The Balaban J connectivity index is 1.96. The summed E-state index contributed by atoms with van der Waals surface area (Å²) in [5.74, 6) is -0.827. The maximum atomic E-state index is 12.6. The second kappa shape index (κ2) is 7.62. The number of anilines is 1. The summed E-state index contributed by atoms with van der Waals surface area (Å²) in [4.78, 5) is 3.84. The molecule has 1 aliphatic carbocycles. The molecular formula is C19H23F3N4O. The number of allylic oxidation sites excluding steroid dienone is 2. The second-order valence-corrected chi connectivity index (χ2v) is 6.81. The first-order valence-corrected chi connectivity index (χ1v) is 9.04. The molecule has 0 saturated carbocycles. The zero-order valence-electron chi connectivity index (χ0n) is 15.4. The molecule has 0 saturated heterocycles. The highest BCUT2D eigenvalue weighted by Gasteiger charge is 2.32. The smallest absolute Gasteiger partial charge is 0.402 e. The lowest BCUT2D eigenvalue weighted by molar-refractivity contribution is -0.274. The first-order chi connectivity index (χ1) is 12.8. The maximum Gasteiger partial charge on any atom is 0.573 e. The van der Waals surface area contributed by atoms with Gasteiger partial charge in [0.15, 0.2) is 11.6 Å². The maximum absolute atomic E-state index is 12.6. The standard InChI is InChI=1S/C19H23F3N4O/c1-3-12(2)26-15(8-13-6-4-5-7-13)10-16(25-26)14-9-17(18(23)24-11-14)27-19(20,21)22/h6,9-12H,3-5,7-8H2,1-2H3,(H2,23,24). The number of halogens is 3. The van der Waals surface area contributed by atoms with Crippen LogP contribution in [0.5, 0.6) is 5.75 Å². The normalized spacial score (nSPS) is 15.7. The van der Waals surface area contributed by atoms with Gasteiger partial charge in [0.2, 0.25) is 0 Å². The number of ether oxygens (including phenoxy) is 1. The number of rotatable bonds is 6. The highest BCUT2D eigenvalue weighted by molar-refractivity contribution is 5.64. The average molecular weight is 380 g/mol. The van der Waals surface area contributed by atoms with Crippen molar-refractivity contribution in [1.82, 2.24) is 14.8 Å². The molecule has 0 amide bonds. The highest BCUT2D eigenvalue weighted by atomic mass is 19.4. The Morgan fingerprint density at radius 2 is 2.11 bits per heavy atom. The Hall–Kier alpha value is -2.51. The van der Waals surface area contributed by atoms with Crippen LogP contribution in [0.1, 0.15) is 51.3 Å². The van der Waals surface area contributed by atoms with Gasteiger partial charge in [-0.2, -0.15) is 5.10 Å². The van der Waals surface area contributed by atoms with E-state index in [4.69, 9.17) is 5.73 Å². The summed E-state index contributed by atoms with van der Waals surface area (Å²) in [5, 5.41) is 4.63. The van der Waals surface area contributed by atoms with E-state index in [1.807, 2.05) is 10.7 Å². The highest BCUT2D eigenvalue weighted by Crippen LogP contribution is 2.32. The molecule has 2 heterocycles. The zero-order chi connectivity index (χ0) is 19.6. The van der Waals surface area contributed by atoms with Gasteiger partial charge in [0.1, 0.15) is 0 Å². The van der Waals surface area contributed by atoms with Crippen molar-refractivity contribution in [3.05, 3.63) is 35.7 Å². The molecular weight excluding hydrogens is 357 g/mol. The lowest BCUT2D eigenvalue weighted by Crippen LogP contribution is -2.18. The number of nitrogens with zero attached hydrogens (tertiary/aromatic N) is 3. The third-order valence-electron chi connectivity index (χ3n) is 4.77. The summed E-state index contributed by atoms with van der Waals surface area (Å²) in [7, 11) is 0. The van der Waals surface area contributed by atoms with Crippen LogP contribution in [0.3, 0.4) is 0 Å². The van der Waals surface area contributed by atoms with Gasteiger partial charge in [0, 0.05) is 29.9 Å². The van der Waals surface area contributed by atoms with Crippen molar-refractivity contribution in [2.75, 3.05) is 5.73 Å². The van der Waals surface area contributed by atoms with Crippen LogP contribution in [-0.4, -0.2) is 21.1 Å². The molecule has 27 heavy (non-hydrogen) atoms. The molecule has 0 bridgehead atoms. The van der Waals surface area contributed by atoms with Crippen LogP contribution in [0.15, 0.2) is 30.0 Å². The van der Waals surface area contributed by atoms with E-state index in [1.54, 1.807) is 0 Å². The van der Waals surface area contributed by atoms with Gasteiger partial charge in [0.25, 0.3) is 0 Å². The average Bonchev–Trinajstić information content (AvgIpc) is 3.25. The van der Waals surface area contributed by atoms with Gasteiger partial charge in [-0.05, 0) is 44.7 Å². The summed E-state index contributed by atoms with van der Waals surface area (Å²) < 4.78 is 43.6. The number of alkyl halides is 3. The Kier molecular flexibility index (Phi) is 5.43. The molecule has 146 valence electrons. The fraction of sp³-hybridized carbons (Fsp3) is 0.474. The van der Waals surface area contributed by atoms with Crippen LogP contribution in [0.2, 0.25) is 0 Å². The molecule has 5 nitrogen and oxygen atoms in total. The molecule has 1 unspecified atom stereocenters. The molecule has 2 aromatic rings. The number of hydrogen-bond donors (Lipinski definition) is 1. The molecule has 2 N–H and O–H groups in total. The Morgan fingerprint density at radius 3 is 2.74 bits per heavy atom. The summed E-state index contributed by atoms with van der Waals surface area (Å²) in [6, 6.07) is 3.33. The summed E-state index contributed by atoms with van der Waals surface area (Å²) in [6.07, 6.45) is 3.88. The monoisotopic (exact) mass is 380 g/mol. The number of hydrogen-bond acceptors (Lipinski definition) is 4. The number of nitrogens with two attached hydrogens (primary N) is 1. The number of nitrogen functional groups attached to an aromatic ring is 1. The fourth-order valence-corrected chi connectivity index (χ4v) is 3.19. The van der Waals surface area contributed by atoms with E-state index in [9.17, 15) is 13.2 Å². The lowest BCUT2D eigenvalue weighted by atomic mass is 10.1. The van der Waals surface area contributed by atoms with Crippen LogP contribution < -0.4 is 10.5 Å². The minimum absolute atomic E-state index is 0.184. The Labute approximate surface area is 156 Å². The van der Waals surface area contributed by atoms with Crippen molar-refractivity contribution < 1.29 is 17.9 Å². The minimum atomic E-state index is -4.83. The van der Waals surface area contributed by atoms with Crippen LogP contribution in [0.4, 0.5) is 19.0 Å². The van der Waals surface area contributed by atoms with E-state index in [0.29, 0.717) is 11.3 Å². The molecule has 0 spiro atoms. The predicted octanol–water partition coefficient (Wildman–Crippen LogP) is 5.05. The van der Waals surface area contributed by atoms with Crippen molar-refractivity contribution in [1.29, 1.82) is 0 Å². The third kappa shape index (κ3) is 4.61. The van der Waals surface area contributed by atoms with Crippen LogP contribution in [0, 0.1) is 0 Å². The molecule has 0 aliphatic heterocycles. The number of pyridine rings is 1. The van der Waals surface area contributed by atoms with Crippen molar-refractivity contribution in [2.45, 2.75) is 58.4 Å². The molecule has 2 aromatic heterocycles. The first kappa shape index (κ1) is 19.3. The molecule has 0 radical (unpaired) electrons. The largest absolute Gasteiger partial charge is 0.573 e. The van der Waals surface area contributed by atoms with E-state index in [-0.39, 0.29) is 11.9 Å². The van der Waals surface area contributed by atoms with Crippen LogP contribution >= 0.6 is 0 Å².